The van der Waals surface area contributed by atoms with Gasteiger partial charge in [-0.2, -0.15) is 0 Å². The quantitative estimate of drug-likeness (QED) is 0.797. The molecule has 0 atom stereocenters. The van der Waals surface area contributed by atoms with Crippen molar-refractivity contribution in [2.24, 2.45) is 0 Å². The fourth-order valence-electron chi connectivity index (χ4n) is 2.39. The van der Waals surface area contributed by atoms with Crippen LogP contribution < -0.4 is 4.74 Å². The lowest BCUT2D eigenvalue weighted by Gasteiger charge is -2.07. The highest BCUT2D eigenvalue weighted by Crippen LogP contribution is 2.22. The Bertz CT molecular complexity index is 787. The minimum atomic E-state index is -0.903. The van der Waals surface area contributed by atoms with Crippen LogP contribution in [0.5, 0.6) is 5.75 Å². The van der Waals surface area contributed by atoms with Gasteiger partial charge in [-0.15, -0.1) is 0 Å². The Labute approximate surface area is 122 Å². The molecule has 0 amide bonds. The lowest BCUT2D eigenvalue weighted by molar-refractivity contribution is 0.0697. The van der Waals surface area contributed by atoms with E-state index in [2.05, 4.69) is 4.57 Å². The molecule has 0 aliphatic carbocycles. The van der Waals surface area contributed by atoms with Crippen molar-refractivity contribution in [3.63, 3.8) is 0 Å². The standard InChI is InChI=1S/C17H15NO3/c1-21-15-6-7-16-14(10-15)8-9-18(16)11-12-2-4-13(5-3-12)17(19)20/h2-10H,11H2,1H3,(H,19,20). The first-order valence-corrected chi connectivity index (χ1v) is 6.62. The van der Waals surface area contributed by atoms with Crippen LogP contribution >= 0.6 is 0 Å². The minimum Gasteiger partial charge on any atom is -0.497 e. The molecular weight excluding hydrogens is 266 g/mol. The smallest absolute Gasteiger partial charge is 0.335 e. The molecule has 1 N–H and O–H groups in total. The van der Waals surface area contributed by atoms with E-state index in [4.69, 9.17) is 9.84 Å². The second kappa shape index (κ2) is 5.32. The molecule has 0 unspecified atom stereocenters. The molecule has 3 rings (SSSR count). The van der Waals surface area contributed by atoms with Crippen LogP contribution in [0.15, 0.2) is 54.7 Å². The van der Waals surface area contributed by atoms with Crippen molar-refractivity contribution < 1.29 is 14.6 Å². The van der Waals surface area contributed by atoms with Crippen LogP contribution in [0.4, 0.5) is 0 Å². The fraction of sp³-hybridized carbons (Fsp3) is 0.118. The molecule has 0 radical (unpaired) electrons. The van der Waals surface area contributed by atoms with E-state index in [1.54, 1.807) is 19.2 Å². The van der Waals surface area contributed by atoms with E-state index in [0.717, 1.165) is 22.2 Å². The van der Waals surface area contributed by atoms with Crippen LogP contribution in [0, 0.1) is 0 Å². The summed E-state index contributed by atoms with van der Waals surface area (Å²) in [6, 6.07) is 15.0. The molecule has 3 aromatic rings. The molecule has 4 nitrogen and oxygen atoms in total. The maximum Gasteiger partial charge on any atom is 0.335 e. The van der Waals surface area contributed by atoms with E-state index in [1.807, 2.05) is 42.6 Å². The summed E-state index contributed by atoms with van der Waals surface area (Å²) in [6.45, 7) is 0.704. The van der Waals surface area contributed by atoms with E-state index in [1.165, 1.54) is 0 Å². The summed E-state index contributed by atoms with van der Waals surface area (Å²) in [6.07, 6.45) is 2.02. The van der Waals surface area contributed by atoms with Crippen molar-refractivity contribution in [3.05, 3.63) is 65.9 Å². The van der Waals surface area contributed by atoms with Gasteiger partial charge in [-0.1, -0.05) is 12.1 Å². The zero-order chi connectivity index (χ0) is 14.8. The molecule has 0 aliphatic rings. The zero-order valence-corrected chi connectivity index (χ0v) is 11.6. The molecule has 0 bridgehead atoms. The monoisotopic (exact) mass is 281 g/mol. The van der Waals surface area contributed by atoms with Gasteiger partial charge in [0.2, 0.25) is 0 Å². The molecule has 106 valence electrons. The highest BCUT2D eigenvalue weighted by Gasteiger charge is 2.05. The zero-order valence-electron chi connectivity index (χ0n) is 11.6. The van der Waals surface area contributed by atoms with Crippen LogP contribution in [-0.2, 0) is 6.54 Å². The van der Waals surface area contributed by atoms with Crippen LogP contribution in [0.25, 0.3) is 10.9 Å². The summed E-state index contributed by atoms with van der Waals surface area (Å²) in [4.78, 5) is 10.8. The predicted octanol–water partition coefficient (Wildman–Crippen LogP) is 3.40. The molecule has 0 saturated heterocycles. The van der Waals surface area contributed by atoms with Gasteiger partial charge in [0.25, 0.3) is 0 Å². The fourth-order valence-corrected chi connectivity index (χ4v) is 2.39. The lowest BCUT2D eigenvalue weighted by atomic mass is 10.1. The second-order valence-electron chi connectivity index (χ2n) is 4.87. The normalized spacial score (nSPS) is 10.7. The molecular formula is C17H15NO3. The number of benzene rings is 2. The first-order chi connectivity index (χ1) is 10.2. The van der Waals surface area contributed by atoms with Crippen molar-refractivity contribution >= 4 is 16.9 Å². The van der Waals surface area contributed by atoms with E-state index in [9.17, 15) is 4.79 Å². The molecule has 4 heteroatoms. The van der Waals surface area contributed by atoms with E-state index in [-0.39, 0.29) is 0 Å². The molecule has 0 saturated carbocycles. The Balaban J connectivity index is 1.89. The third-order valence-corrected chi connectivity index (χ3v) is 3.53. The Hall–Kier alpha value is -2.75. The number of aromatic carboxylic acids is 1. The summed E-state index contributed by atoms with van der Waals surface area (Å²) in [5, 5.41) is 10.0. The topological polar surface area (TPSA) is 51.5 Å². The third-order valence-electron chi connectivity index (χ3n) is 3.53. The number of hydrogen-bond donors (Lipinski definition) is 1. The summed E-state index contributed by atoms with van der Waals surface area (Å²) in [7, 11) is 1.65. The van der Waals surface area contributed by atoms with Crippen molar-refractivity contribution in [2.45, 2.75) is 6.54 Å². The molecule has 2 aromatic carbocycles. The van der Waals surface area contributed by atoms with Crippen LogP contribution in [0.1, 0.15) is 15.9 Å². The average Bonchev–Trinajstić information content (AvgIpc) is 2.90. The number of aromatic nitrogens is 1. The van der Waals surface area contributed by atoms with Gasteiger partial charge in [-0.3, -0.25) is 0 Å². The number of carboxylic acids is 1. The number of hydrogen-bond acceptors (Lipinski definition) is 2. The SMILES string of the molecule is COc1ccc2c(ccn2Cc2ccc(C(=O)O)cc2)c1. The molecule has 0 aliphatic heterocycles. The largest absolute Gasteiger partial charge is 0.497 e. The number of methoxy groups -OCH3 is 1. The Kier molecular flexibility index (Phi) is 3.36. The maximum absolute atomic E-state index is 10.8. The summed E-state index contributed by atoms with van der Waals surface area (Å²) >= 11 is 0. The van der Waals surface area contributed by atoms with Crippen molar-refractivity contribution in [1.82, 2.24) is 4.57 Å². The van der Waals surface area contributed by atoms with Gasteiger partial charge in [-0.25, -0.2) is 4.79 Å². The third kappa shape index (κ3) is 2.60. The van der Waals surface area contributed by atoms with Crippen LogP contribution in [0.2, 0.25) is 0 Å². The summed E-state index contributed by atoms with van der Waals surface area (Å²) in [5.74, 6) is -0.0638. The first kappa shape index (κ1) is 13.2. The van der Waals surface area contributed by atoms with Gasteiger partial charge in [-0.05, 0) is 42.0 Å². The van der Waals surface area contributed by atoms with Gasteiger partial charge < -0.3 is 14.4 Å². The predicted molar refractivity (Wildman–Crippen MR) is 81.0 cm³/mol. The molecule has 1 aromatic heterocycles. The van der Waals surface area contributed by atoms with E-state index in [0.29, 0.717) is 12.1 Å². The summed E-state index contributed by atoms with van der Waals surface area (Å²) in [5.41, 5.74) is 2.49. The Morgan fingerprint density at radius 1 is 1.14 bits per heavy atom. The van der Waals surface area contributed by atoms with E-state index < -0.39 is 5.97 Å². The molecule has 21 heavy (non-hydrogen) atoms. The number of rotatable bonds is 4. The molecule has 0 fully saturated rings. The van der Waals surface area contributed by atoms with Crippen LogP contribution in [-0.4, -0.2) is 22.8 Å². The van der Waals surface area contributed by atoms with Gasteiger partial charge in [0.15, 0.2) is 0 Å². The highest BCUT2D eigenvalue weighted by molar-refractivity contribution is 5.87. The molecule has 0 spiro atoms. The Morgan fingerprint density at radius 2 is 1.90 bits per heavy atom. The first-order valence-electron chi connectivity index (χ1n) is 6.62. The number of fused-ring (bicyclic) bond motifs is 1. The Morgan fingerprint density at radius 3 is 2.57 bits per heavy atom. The van der Waals surface area contributed by atoms with Gasteiger partial charge in [0, 0.05) is 23.6 Å². The summed E-state index contributed by atoms with van der Waals surface area (Å²) < 4.78 is 7.35. The number of carboxylic acid groups (broad SMARTS) is 1. The average molecular weight is 281 g/mol. The molecule has 1 heterocycles. The van der Waals surface area contributed by atoms with Crippen molar-refractivity contribution in [1.29, 1.82) is 0 Å². The van der Waals surface area contributed by atoms with Gasteiger partial charge in [0.05, 0.1) is 12.7 Å². The lowest BCUT2D eigenvalue weighted by Crippen LogP contribution is -2.00. The van der Waals surface area contributed by atoms with E-state index >= 15 is 0 Å². The van der Waals surface area contributed by atoms with Gasteiger partial charge >= 0.3 is 5.97 Å². The number of ether oxygens (including phenoxy) is 1. The number of carbonyl (C=O) groups is 1. The van der Waals surface area contributed by atoms with Crippen LogP contribution in [0.3, 0.4) is 0 Å². The maximum atomic E-state index is 10.8. The second-order valence-corrected chi connectivity index (χ2v) is 4.87. The highest BCUT2D eigenvalue weighted by atomic mass is 16.5. The minimum absolute atomic E-state index is 0.306. The van der Waals surface area contributed by atoms with Crippen molar-refractivity contribution in [2.75, 3.05) is 7.11 Å². The van der Waals surface area contributed by atoms with Gasteiger partial charge in [0.1, 0.15) is 5.75 Å². The van der Waals surface area contributed by atoms with Crippen molar-refractivity contribution in [3.8, 4) is 5.75 Å². The number of nitrogens with zero attached hydrogens (tertiary/aromatic N) is 1.